The van der Waals surface area contributed by atoms with Crippen LogP contribution in [0.5, 0.6) is 5.75 Å². The van der Waals surface area contributed by atoms with E-state index in [1.54, 1.807) is 13.8 Å². The normalized spacial score (nSPS) is 11.1. The van der Waals surface area contributed by atoms with E-state index in [4.69, 9.17) is 14.2 Å². The molecule has 0 saturated carbocycles. The van der Waals surface area contributed by atoms with Crippen molar-refractivity contribution >= 4 is 5.97 Å². The molecule has 4 nitrogen and oxygen atoms in total. The Morgan fingerprint density at radius 1 is 1.17 bits per heavy atom. The van der Waals surface area contributed by atoms with E-state index in [-0.39, 0.29) is 5.97 Å². The third kappa shape index (κ3) is 4.75. The second-order valence-electron chi connectivity index (χ2n) is 4.59. The Labute approximate surface area is 108 Å². The van der Waals surface area contributed by atoms with Crippen LogP contribution in [0, 0.1) is 5.41 Å². The lowest BCUT2D eigenvalue weighted by molar-refractivity contribution is -0.154. The first-order chi connectivity index (χ1) is 8.56. The summed E-state index contributed by atoms with van der Waals surface area (Å²) in [6.45, 7) is 4.79. The SMILES string of the molecule is COC(=O)C(C)(C)COCCOc1ccccc1. The highest BCUT2D eigenvalue weighted by molar-refractivity contribution is 5.75. The fourth-order valence-corrected chi connectivity index (χ4v) is 1.40. The van der Waals surface area contributed by atoms with Crippen LogP contribution in [0.25, 0.3) is 0 Å². The molecule has 0 radical (unpaired) electrons. The van der Waals surface area contributed by atoms with Gasteiger partial charge in [0.1, 0.15) is 12.4 Å². The Kier molecular flexibility index (Phi) is 5.65. The molecule has 0 fully saturated rings. The molecule has 0 aliphatic heterocycles. The smallest absolute Gasteiger partial charge is 0.313 e. The molecule has 100 valence electrons. The zero-order valence-corrected chi connectivity index (χ0v) is 11.1. The van der Waals surface area contributed by atoms with Crippen LogP contribution in [0.3, 0.4) is 0 Å². The number of hydrogen-bond acceptors (Lipinski definition) is 4. The Bertz CT molecular complexity index is 359. The number of para-hydroxylation sites is 1. The number of benzene rings is 1. The zero-order valence-electron chi connectivity index (χ0n) is 11.1. The van der Waals surface area contributed by atoms with Crippen LogP contribution in [0.2, 0.25) is 0 Å². The minimum absolute atomic E-state index is 0.272. The number of ether oxygens (including phenoxy) is 3. The van der Waals surface area contributed by atoms with Crippen molar-refractivity contribution in [1.82, 2.24) is 0 Å². The fraction of sp³-hybridized carbons (Fsp3) is 0.500. The fourth-order valence-electron chi connectivity index (χ4n) is 1.40. The molecular formula is C14H20O4. The molecule has 0 saturated heterocycles. The maximum Gasteiger partial charge on any atom is 0.313 e. The van der Waals surface area contributed by atoms with Crippen LogP contribution in [0.1, 0.15) is 13.8 Å². The lowest BCUT2D eigenvalue weighted by Crippen LogP contribution is -2.31. The maximum atomic E-state index is 11.4. The van der Waals surface area contributed by atoms with Gasteiger partial charge in [-0.3, -0.25) is 4.79 Å². The molecule has 0 amide bonds. The number of hydrogen-bond donors (Lipinski definition) is 0. The summed E-state index contributed by atoms with van der Waals surface area (Å²) in [6.07, 6.45) is 0. The van der Waals surface area contributed by atoms with Gasteiger partial charge in [0.25, 0.3) is 0 Å². The van der Waals surface area contributed by atoms with E-state index in [0.29, 0.717) is 19.8 Å². The number of rotatable bonds is 7. The summed E-state index contributed by atoms with van der Waals surface area (Å²) in [7, 11) is 1.38. The van der Waals surface area contributed by atoms with Crippen LogP contribution in [-0.2, 0) is 14.3 Å². The predicted octanol–water partition coefficient (Wildman–Crippen LogP) is 2.28. The average molecular weight is 252 g/mol. The van der Waals surface area contributed by atoms with Gasteiger partial charge in [0.05, 0.1) is 25.7 Å². The summed E-state index contributed by atoms with van der Waals surface area (Å²) >= 11 is 0. The van der Waals surface area contributed by atoms with Gasteiger partial charge in [-0.1, -0.05) is 18.2 Å². The van der Waals surface area contributed by atoms with Gasteiger partial charge in [0.15, 0.2) is 0 Å². The number of carbonyl (C=O) groups is 1. The number of carbonyl (C=O) groups excluding carboxylic acids is 1. The minimum atomic E-state index is -0.624. The van der Waals surface area contributed by atoms with E-state index < -0.39 is 5.41 Å². The van der Waals surface area contributed by atoms with Gasteiger partial charge in [-0.25, -0.2) is 0 Å². The topological polar surface area (TPSA) is 44.8 Å². The van der Waals surface area contributed by atoms with E-state index in [2.05, 4.69) is 0 Å². The van der Waals surface area contributed by atoms with E-state index in [1.807, 2.05) is 30.3 Å². The summed E-state index contributed by atoms with van der Waals surface area (Å²) in [4.78, 5) is 11.4. The van der Waals surface area contributed by atoms with Crippen molar-refractivity contribution in [2.24, 2.45) is 5.41 Å². The van der Waals surface area contributed by atoms with E-state index in [9.17, 15) is 4.79 Å². The Balaban J connectivity index is 2.17. The van der Waals surface area contributed by atoms with Crippen molar-refractivity contribution in [2.45, 2.75) is 13.8 Å². The first-order valence-corrected chi connectivity index (χ1v) is 5.90. The van der Waals surface area contributed by atoms with Crippen LogP contribution in [0.4, 0.5) is 0 Å². The highest BCUT2D eigenvalue weighted by Crippen LogP contribution is 2.17. The van der Waals surface area contributed by atoms with E-state index in [1.165, 1.54) is 7.11 Å². The number of methoxy groups -OCH3 is 1. The predicted molar refractivity (Wildman–Crippen MR) is 68.6 cm³/mol. The van der Waals surface area contributed by atoms with Crippen molar-refractivity contribution in [3.05, 3.63) is 30.3 Å². The molecule has 18 heavy (non-hydrogen) atoms. The van der Waals surface area contributed by atoms with Crippen molar-refractivity contribution in [3.8, 4) is 5.75 Å². The van der Waals surface area contributed by atoms with Crippen molar-refractivity contribution in [1.29, 1.82) is 0 Å². The van der Waals surface area contributed by atoms with Gasteiger partial charge in [-0.05, 0) is 26.0 Å². The first-order valence-electron chi connectivity index (χ1n) is 5.90. The number of esters is 1. The molecule has 0 atom stereocenters. The molecule has 1 aromatic carbocycles. The average Bonchev–Trinajstić information content (AvgIpc) is 2.38. The molecule has 0 aliphatic carbocycles. The zero-order chi connectivity index (χ0) is 13.4. The highest BCUT2D eigenvalue weighted by Gasteiger charge is 2.28. The Morgan fingerprint density at radius 3 is 2.44 bits per heavy atom. The summed E-state index contributed by atoms with van der Waals surface area (Å²) in [5, 5.41) is 0. The molecule has 4 heteroatoms. The molecule has 0 bridgehead atoms. The molecule has 0 aromatic heterocycles. The van der Waals surface area contributed by atoms with Crippen LogP contribution >= 0.6 is 0 Å². The summed E-state index contributed by atoms with van der Waals surface area (Å²) in [6, 6.07) is 9.53. The first kappa shape index (κ1) is 14.5. The molecule has 0 spiro atoms. The van der Waals surface area contributed by atoms with Gasteiger partial charge < -0.3 is 14.2 Å². The highest BCUT2D eigenvalue weighted by atomic mass is 16.5. The Morgan fingerprint density at radius 2 is 1.83 bits per heavy atom. The maximum absolute atomic E-state index is 11.4. The Hall–Kier alpha value is -1.55. The summed E-state index contributed by atoms with van der Waals surface area (Å²) < 4.78 is 15.6. The molecule has 0 unspecified atom stereocenters. The molecule has 1 rings (SSSR count). The van der Waals surface area contributed by atoms with Gasteiger partial charge >= 0.3 is 5.97 Å². The lowest BCUT2D eigenvalue weighted by Gasteiger charge is -2.21. The summed E-state index contributed by atoms with van der Waals surface area (Å²) in [5.74, 6) is 0.541. The van der Waals surface area contributed by atoms with Crippen molar-refractivity contribution < 1.29 is 19.0 Å². The minimum Gasteiger partial charge on any atom is -0.491 e. The van der Waals surface area contributed by atoms with Crippen LogP contribution in [-0.4, -0.2) is 32.9 Å². The van der Waals surface area contributed by atoms with Gasteiger partial charge in [0.2, 0.25) is 0 Å². The van der Waals surface area contributed by atoms with E-state index in [0.717, 1.165) is 5.75 Å². The molecule has 0 N–H and O–H groups in total. The second kappa shape index (κ2) is 7.01. The monoisotopic (exact) mass is 252 g/mol. The molecular weight excluding hydrogens is 232 g/mol. The van der Waals surface area contributed by atoms with Crippen LogP contribution in [0.15, 0.2) is 30.3 Å². The molecule has 1 aromatic rings. The standard InChI is InChI=1S/C14H20O4/c1-14(2,13(15)16-3)11-17-9-10-18-12-7-5-4-6-8-12/h4-8H,9-11H2,1-3H3. The van der Waals surface area contributed by atoms with Gasteiger partial charge in [-0.2, -0.15) is 0 Å². The molecule has 0 aliphatic rings. The largest absolute Gasteiger partial charge is 0.491 e. The third-order valence-electron chi connectivity index (χ3n) is 2.44. The van der Waals surface area contributed by atoms with Crippen molar-refractivity contribution in [2.75, 3.05) is 26.9 Å². The summed E-state index contributed by atoms with van der Waals surface area (Å²) in [5.41, 5.74) is -0.624. The van der Waals surface area contributed by atoms with Gasteiger partial charge in [0, 0.05) is 0 Å². The quantitative estimate of drug-likeness (QED) is 0.551. The third-order valence-corrected chi connectivity index (χ3v) is 2.44. The van der Waals surface area contributed by atoms with E-state index >= 15 is 0 Å². The van der Waals surface area contributed by atoms with Gasteiger partial charge in [-0.15, -0.1) is 0 Å². The van der Waals surface area contributed by atoms with Crippen LogP contribution < -0.4 is 4.74 Å². The second-order valence-corrected chi connectivity index (χ2v) is 4.59. The van der Waals surface area contributed by atoms with Crippen molar-refractivity contribution in [3.63, 3.8) is 0 Å². The lowest BCUT2D eigenvalue weighted by atomic mass is 9.95. The molecule has 0 heterocycles.